The first kappa shape index (κ1) is 17.4. The predicted molar refractivity (Wildman–Crippen MR) is 89.9 cm³/mol. The summed E-state index contributed by atoms with van der Waals surface area (Å²) in [7, 11) is -1.89. The first-order valence-electron chi connectivity index (χ1n) is 6.66. The van der Waals surface area contributed by atoms with Crippen LogP contribution in [0.5, 0.6) is 0 Å². The molecule has 8 heteroatoms. The molecular formula is C13H18Cl2N2O2S2. The van der Waals surface area contributed by atoms with Gasteiger partial charge in [0.2, 0.25) is 10.0 Å². The Hall–Kier alpha value is 0.0200. The number of hydrogen-bond acceptors (Lipinski definition) is 4. The van der Waals surface area contributed by atoms with E-state index in [-0.39, 0.29) is 16.0 Å². The Morgan fingerprint density at radius 2 is 1.95 bits per heavy atom. The fourth-order valence-corrected chi connectivity index (χ4v) is 5.57. The highest BCUT2D eigenvalue weighted by atomic mass is 35.5. The van der Waals surface area contributed by atoms with E-state index in [2.05, 4.69) is 10.0 Å². The van der Waals surface area contributed by atoms with Crippen molar-refractivity contribution >= 4 is 45.0 Å². The molecule has 1 aliphatic rings. The van der Waals surface area contributed by atoms with E-state index in [0.717, 1.165) is 24.3 Å². The smallest absolute Gasteiger partial charge is 0.242 e. The lowest BCUT2D eigenvalue weighted by molar-refractivity contribution is 0.529. The molecule has 0 unspecified atom stereocenters. The SMILES string of the molecule is CNCc1cc(Cl)cc(S(=O)(=O)NC2CCSCC2)c1Cl. The zero-order chi connectivity index (χ0) is 15.5. The van der Waals surface area contributed by atoms with Crippen LogP contribution in [-0.2, 0) is 16.6 Å². The molecule has 0 aromatic heterocycles. The summed E-state index contributed by atoms with van der Waals surface area (Å²) in [5, 5.41) is 3.54. The molecule has 1 heterocycles. The van der Waals surface area contributed by atoms with Crippen molar-refractivity contribution in [2.75, 3.05) is 18.6 Å². The van der Waals surface area contributed by atoms with Gasteiger partial charge >= 0.3 is 0 Å². The van der Waals surface area contributed by atoms with E-state index in [1.807, 2.05) is 11.8 Å². The minimum Gasteiger partial charge on any atom is -0.316 e. The molecule has 1 aromatic carbocycles. The monoisotopic (exact) mass is 368 g/mol. The molecule has 0 saturated carbocycles. The summed E-state index contributed by atoms with van der Waals surface area (Å²) in [5.41, 5.74) is 0.672. The maximum absolute atomic E-state index is 12.5. The second-order valence-electron chi connectivity index (χ2n) is 4.92. The molecule has 4 nitrogen and oxygen atoms in total. The second-order valence-corrected chi connectivity index (χ2v) is 8.64. The number of thioether (sulfide) groups is 1. The number of nitrogens with one attached hydrogen (secondary N) is 2. The summed E-state index contributed by atoms with van der Waals surface area (Å²) in [4.78, 5) is 0.0557. The maximum Gasteiger partial charge on any atom is 0.242 e. The van der Waals surface area contributed by atoms with Crippen molar-refractivity contribution in [2.45, 2.75) is 30.3 Å². The molecule has 1 fully saturated rings. The molecule has 0 bridgehead atoms. The molecule has 2 N–H and O–H groups in total. The highest BCUT2D eigenvalue weighted by Crippen LogP contribution is 2.30. The van der Waals surface area contributed by atoms with Crippen LogP contribution in [-0.4, -0.2) is 33.0 Å². The lowest BCUT2D eigenvalue weighted by Gasteiger charge is -2.23. The van der Waals surface area contributed by atoms with Gasteiger partial charge < -0.3 is 5.32 Å². The van der Waals surface area contributed by atoms with Crippen molar-refractivity contribution in [3.63, 3.8) is 0 Å². The molecule has 21 heavy (non-hydrogen) atoms. The molecule has 1 aliphatic heterocycles. The normalized spacial score (nSPS) is 17.1. The van der Waals surface area contributed by atoms with Crippen LogP contribution in [0, 0.1) is 0 Å². The average Bonchev–Trinajstić information content (AvgIpc) is 2.43. The Labute approximate surface area is 140 Å². The quantitative estimate of drug-likeness (QED) is 0.838. The molecule has 0 spiro atoms. The standard InChI is InChI=1S/C13H18Cl2N2O2S2/c1-16-8-9-6-10(14)7-12(13(9)15)21(18,19)17-11-2-4-20-5-3-11/h6-7,11,16-17H,2-5,8H2,1H3. The Bertz CT molecular complexity index is 602. The van der Waals surface area contributed by atoms with E-state index >= 15 is 0 Å². The van der Waals surface area contributed by atoms with E-state index in [0.29, 0.717) is 17.1 Å². The van der Waals surface area contributed by atoms with Crippen LogP contribution in [0.4, 0.5) is 0 Å². The van der Waals surface area contributed by atoms with Crippen LogP contribution in [0.1, 0.15) is 18.4 Å². The Morgan fingerprint density at radius 1 is 1.29 bits per heavy atom. The lowest BCUT2D eigenvalue weighted by Crippen LogP contribution is -2.37. The number of rotatable bonds is 5. The fraction of sp³-hybridized carbons (Fsp3) is 0.538. The number of hydrogen-bond donors (Lipinski definition) is 2. The van der Waals surface area contributed by atoms with Gasteiger partial charge in [-0.1, -0.05) is 23.2 Å². The highest BCUT2D eigenvalue weighted by molar-refractivity contribution is 7.99. The molecule has 1 aromatic rings. The summed E-state index contributed by atoms with van der Waals surface area (Å²) in [6.07, 6.45) is 1.68. The van der Waals surface area contributed by atoms with Gasteiger partial charge in [-0.15, -0.1) is 0 Å². The molecule has 118 valence electrons. The first-order chi connectivity index (χ1) is 9.94. The van der Waals surface area contributed by atoms with Gasteiger partial charge in [-0.2, -0.15) is 11.8 Å². The van der Waals surface area contributed by atoms with Gasteiger partial charge in [-0.25, -0.2) is 13.1 Å². The third kappa shape index (κ3) is 4.50. The summed E-state index contributed by atoms with van der Waals surface area (Å²) >= 11 is 14.1. The van der Waals surface area contributed by atoms with Gasteiger partial charge in [0.05, 0.1) is 5.02 Å². The van der Waals surface area contributed by atoms with Crippen molar-refractivity contribution in [1.29, 1.82) is 0 Å². The zero-order valence-electron chi connectivity index (χ0n) is 11.7. The fourth-order valence-electron chi connectivity index (χ4n) is 2.23. The van der Waals surface area contributed by atoms with E-state index in [4.69, 9.17) is 23.2 Å². The van der Waals surface area contributed by atoms with Crippen molar-refractivity contribution in [3.8, 4) is 0 Å². The first-order valence-corrected chi connectivity index (χ1v) is 10.1. The number of halogens is 2. The van der Waals surface area contributed by atoms with E-state index in [9.17, 15) is 8.42 Å². The van der Waals surface area contributed by atoms with Crippen LogP contribution in [0.2, 0.25) is 10.0 Å². The van der Waals surface area contributed by atoms with Crippen molar-refractivity contribution < 1.29 is 8.42 Å². The minimum atomic E-state index is -3.66. The summed E-state index contributed by atoms with van der Waals surface area (Å²) in [6.45, 7) is 0.460. The van der Waals surface area contributed by atoms with Gasteiger partial charge in [-0.3, -0.25) is 0 Å². The van der Waals surface area contributed by atoms with Crippen LogP contribution >= 0.6 is 35.0 Å². The summed E-state index contributed by atoms with van der Waals surface area (Å²) < 4.78 is 27.8. The van der Waals surface area contributed by atoms with Gasteiger partial charge in [0.25, 0.3) is 0 Å². The van der Waals surface area contributed by atoms with E-state index in [1.54, 1.807) is 13.1 Å². The maximum atomic E-state index is 12.5. The Balaban J connectivity index is 2.30. The van der Waals surface area contributed by atoms with Gasteiger partial charge in [0, 0.05) is 17.6 Å². The Morgan fingerprint density at radius 3 is 2.57 bits per heavy atom. The van der Waals surface area contributed by atoms with Crippen LogP contribution < -0.4 is 10.0 Å². The van der Waals surface area contributed by atoms with Gasteiger partial charge in [-0.05, 0) is 49.1 Å². The van der Waals surface area contributed by atoms with Crippen LogP contribution in [0.15, 0.2) is 17.0 Å². The lowest BCUT2D eigenvalue weighted by atomic mass is 10.2. The molecule has 0 aliphatic carbocycles. The van der Waals surface area contributed by atoms with Crippen molar-refractivity contribution in [1.82, 2.24) is 10.0 Å². The van der Waals surface area contributed by atoms with Crippen molar-refractivity contribution in [2.24, 2.45) is 0 Å². The van der Waals surface area contributed by atoms with Crippen LogP contribution in [0.25, 0.3) is 0 Å². The minimum absolute atomic E-state index is 0.0287. The largest absolute Gasteiger partial charge is 0.316 e. The molecule has 0 atom stereocenters. The van der Waals surface area contributed by atoms with E-state index in [1.165, 1.54) is 6.07 Å². The molecule has 0 radical (unpaired) electrons. The van der Waals surface area contributed by atoms with Crippen molar-refractivity contribution in [3.05, 3.63) is 27.7 Å². The molecule has 1 saturated heterocycles. The Kier molecular flexibility index (Phi) is 6.23. The topological polar surface area (TPSA) is 58.2 Å². The van der Waals surface area contributed by atoms with E-state index < -0.39 is 10.0 Å². The van der Waals surface area contributed by atoms with Gasteiger partial charge in [0.1, 0.15) is 4.90 Å². The molecule has 0 amide bonds. The molecular weight excluding hydrogens is 351 g/mol. The summed E-state index contributed by atoms with van der Waals surface area (Å²) in [6, 6.07) is 3.05. The zero-order valence-corrected chi connectivity index (χ0v) is 14.8. The second kappa shape index (κ2) is 7.53. The van der Waals surface area contributed by atoms with Gasteiger partial charge in [0.15, 0.2) is 0 Å². The van der Waals surface area contributed by atoms with Crippen LogP contribution in [0.3, 0.4) is 0 Å². The predicted octanol–water partition coefficient (Wildman–Crippen LogP) is 2.89. The number of benzene rings is 1. The molecule has 2 rings (SSSR count). The summed E-state index contributed by atoms with van der Waals surface area (Å²) in [5.74, 6) is 1.95. The third-order valence-electron chi connectivity index (χ3n) is 3.28. The third-order valence-corrected chi connectivity index (χ3v) is 6.65. The highest BCUT2D eigenvalue weighted by Gasteiger charge is 2.25. The number of sulfonamides is 1. The average molecular weight is 369 g/mol.